The van der Waals surface area contributed by atoms with E-state index in [1.807, 2.05) is 0 Å². The zero-order chi connectivity index (χ0) is 13.1. The van der Waals surface area contributed by atoms with Gasteiger partial charge in [0.05, 0.1) is 10.2 Å². The van der Waals surface area contributed by atoms with Gasteiger partial charge in [-0.2, -0.15) is 0 Å². The minimum Gasteiger partial charge on any atom is -0.357 e. The van der Waals surface area contributed by atoms with E-state index in [1.54, 1.807) is 17.7 Å². The van der Waals surface area contributed by atoms with Crippen molar-refractivity contribution in [2.75, 3.05) is 25.0 Å². The molecule has 0 fully saturated rings. The molecule has 98 valence electrons. The summed E-state index contributed by atoms with van der Waals surface area (Å²) >= 11 is 1.72. The summed E-state index contributed by atoms with van der Waals surface area (Å²) in [5.74, 6) is 1.03. The molecule has 0 aliphatic rings. The Kier molecular flexibility index (Phi) is 4.14. The molecule has 2 rings (SSSR count). The first kappa shape index (κ1) is 13.2. The first-order valence-electron chi connectivity index (χ1n) is 6.23. The molecular weight excluding hydrogens is 244 g/mol. The van der Waals surface area contributed by atoms with Gasteiger partial charge in [-0.05, 0) is 17.9 Å². The molecule has 2 aromatic heterocycles. The maximum absolute atomic E-state index is 4.42. The fourth-order valence-corrected chi connectivity index (χ4v) is 2.90. The lowest BCUT2D eigenvalue weighted by Crippen LogP contribution is -2.33. The van der Waals surface area contributed by atoms with E-state index in [2.05, 4.69) is 53.4 Å². The van der Waals surface area contributed by atoms with Crippen molar-refractivity contribution in [2.24, 2.45) is 0 Å². The molecule has 2 heterocycles. The molecule has 0 aliphatic heterocycles. The van der Waals surface area contributed by atoms with Crippen molar-refractivity contribution in [3.05, 3.63) is 17.3 Å². The topological polar surface area (TPSA) is 41.0 Å². The normalized spacial score (nSPS) is 11.4. The second-order valence-corrected chi connectivity index (χ2v) is 5.70. The summed E-state index contributed by atoms with van der Waals surface area (Å²) in [6.45, 7) is 8.32. The number of rotatable bonds is 5. The molecule has 0 aromatic carbocycles. The fraction of sp³-hybridized carbons (Fsp3) is 0.538. The Morgan fingerprint density at radius 1 is 1.39 bits per heavy atom. The van der Waals surface area contributed by atoms with Gasteiger partial charge < -0.3 is 10.2 Å². The lowest BCUT2D eigenvalue weighted by atomic mass is 10.3. The second-order valence-electron chi connectivity index (χ2n) is 4.82. The van der Waals surface area contributed by atoms with Crippen LogP contribution in [0.4, 0.5) is 5.82 Å². The first-order chi connectivity index (χ1) is 8.59. The Morgan fingerprint density at radius 3 is 2.89 bits per heavy atom. The summed E-state index contributed by atoms with van der Waals surface area (Å²) < 4.78 is 1.18. The van der Waals surface area contributed by atoms with Gasteiger partial charge in [-0.25, -0.2) is 9.97 Å². The molecule has 18 heavy (non-hydrogen) atoms. The van der Waals surface area contributed by atoms with Crippen LogP contribution >= 0.6 is 11.3 Å². The zero-order valence-electron chi connectivity index (χ0n) is 11.4. The first-order valence-corrected chi connectivity index (χ1v) is 7.11. The minimum atomic E-state index is 0.521. The number of hydrogen-bond donors (Lipinski definition) is 1. The lowest BCUT2D eigenvalue weighted by molar-refractivity contribution is 0.588. The Balaban J connectivity index is 2.15. The van der Waals surface area contributed by atoms with E-state index < -0.39 is 0 Å². The van der Waals surface area contributed by atoms with Gasteiger partial charge in [0.15, 0.2) is 0 Å². The predicted molar refractivity (Wildman–Crippen MR) is 78.6 cm³/mol. The molecule has 0 unspecified atom stereocenters. The number of aromatic nitrogens is 2. The van der Waals surface area contributed by atoms with Crippen molar-refractivity contribution in [1.29, 1.82) is 0 Å². The molecule has 0 atom stereocenters. The average molecular weight is 264 g/mol. The van der Waals surface area contributed by atoms with E-state index in [-0.39, 0.29) is 0 Å². The summed E-state index contributed by atoms with van der Waals surface area (Å²) in [6.07, 6.45) is 1.66. The SMILES string of the molecule is Cc1csc2c(N(C)CCNC(C)C)ncnc12. The van der Waals surface area contributed by atoms with Crippen molar-refractivity contribution >= 4 is 27.4 Å². The van der Waals surface area contributed by atoms with Crippen LogP contribution in [0.15, 0.2) is 11.7 Å². The number of nitrogens with zero attached hydrogens (tertiary/aromatic N) is 3. The van der Waals surface area contributed by atoms with Crippen LogP contribution in [0, 0.1) is 6.92 Å². The number of thiophene rings is 1. The lowest BCUT2D eigenvalue weighted by Gasteiger charge is -2.19. The molecule has 0 radical (unpaired) electrons. The number of hydrogen-bond acceptors (Lipinski definition) is 5. The molecule has 1 N–H and O–H groups in total. The third-order valence-electron chi connectivity index (χ3n) is 2.87. The molecule has 5 heteroatoms. The number of anilines is 1. The van der Waals surface area contributed by atoms with Gasteiger partial charge in [0, 0.05) is 26.2 Å². The Bertz CT molecular complexity index is 521. The van der Waals surface area contributed by atoms with E-state index in [9.17, 15) is 0 Å². The Labute approximate surface area is 112 Å². The summed E-state index contributed by atoms with van der Waals surface area (Å²) in [6, 6.07) is 0.521. The average Bonchev–Trinajstić information content (AvgIpc) is 2.71. The van der Waals surface area contributed by atoms with E-state index in [0.29, 0.717) is 6.04 Å². The molecule has 4 nitrogen and oxygen atoms in total. The zero-order valence-corrected chi connectivity index (χ0v) is 12.2. The van der Waals surface area contributed by atoms with Crippen LogP contribution in [0.25, 0.3) is 10.2 Å². The van der Waals surface area contributed by atoms with Gasteiger partial charge in [-0.15, -0.1) is 11.3 Å². The molecule has 0 amide bonds. The number of aryl methyl sites for hydroxylation is 1. The largest absolute Gasteiger partial charge is 0.357 e. The molecule has 0 saturated carbocycles. The maximum Gasteiger partial charge on any atom is 0.149 e. The molecule has 0 spiro atoms. The van der Waals surface area contributed by atoms with E-state index >= 15 is 0 Å². The summed E-state index contributed by atoms with van der Waals surface area (Å²) in [5, 5.41) is 5.56. The van der Waals surface area contributed by atoms with Crippen LogP contribution in [0.1, 0.15) is 19.4 Å². The molecule has 2 aromatic rings. The van der Waals surface area contributed by atoms with Crippen LogP contribution < -0.4 is 10.2 Å². The van der Waals surface area contributed by atoms with Gasteiger partial charge in [-0.3, -0.25) is 0 Å². The van der Waals surface area contributed by atoms with Crippen molar-refractivity contribution < 1.29 is 0 Å². The molecular formula is C13H20N4S. The predicted octanol–water partition coefficient (Wildman–Crippen LogP) is 2.43. The van der Waals surface area contributed by atoms with Crippen LogP contribution in [0.5, 0.6) is 0 Å². The second kappa shape index (κ2) is 5.63. The fourth-order valence-electron chi connectivity index (χ4n) is 1.86. The van der Waals surface area contributed by atoms with Crippen molar-refractivity contribution in [1.82, 2.24) is 15.3 Å². The van der Waals surface area contributed by atoms with Crippen molar-refractivity contribution in [2.45, 2.75) is 26.8 Å². The third-order valence-corrected chi connectivity index (χ3v) is 3.96. The number of likely N-dealkylation sites (N-methyl/N-ethyl adjacent to an activating group) is 1. The molecule has 0 saturated heterocycles. The highest BCUT2D eigenvalue weighted by molar-refractivity contribution is 7.18. The summed E-state index contributed by atoms with van der Waals surface area (Å²) in [5.41, 5.74) is 2.31. The highest BCUT2D eigenvalue weighted by Gasteiger charge is 2.11. The minimum absolute atomic E-state index is 0.521. The Hall–Kier alpha value is -1.20. The monoisotopic (exact) mass is 264 g/mol. The van der Waals surface area contributed by atoms with E-state index in [0.717, 1.165) is 24.4 Å². The van der Waals surface area contributed by atoms with Crippen LogP contribution in [-0.4, -0.2) is 36.1 Å². The van der Waals surface area contributed by atoms with Crippen LogP contribution in [-0.2, 0) is 0 Å². The molecule has 0 bridgehead atoms. The third kappa shape index (κ3) is 2.79. The number of nitrogens with one attached hydrogen (secondary N) is 1. The van der Waals surface area contributed by atoms with Crippen LogP contribution in [0.3, 0.4) is 0 Å². The highest BCUT2D eigenvalue weighted by Crippen LogP contribution is 2.29. The van der Waals surface area contributed by atoms with Gasteiger partial charge in [-0.1, -0.05) is 13.8 Å². The van der Waals surface area contributed by atoms with Crippen molar-refractivity contribution in [3.8, 4) is 0 Å². The standard InChI is InChI=1S/C13H20N4S/c1-9(2)14-5-6-17(4)13-12-11(15-8-16-13)10(3)7-18-12/h7-9,14H,5-6H2,1-4H3. The summed E-state index contributed by atoms with van der Waals surface area (Å²) in [7, 11) is 2.08. The van der Waals surface area contributed by atoms with Gasteiger partial charge >= 0.3 is 0 Å². The van der Waals surface area contributed by atoms with E-state index in [4.69, 9.17) is 0 Å². The Morgan fingerprint density at radius 2 is 2.17 bits per heavy atom. The van der Waals surface area contributed by atoms with Crippen molar-refractivity contribution in [3.63, 3.8) is 0 Å². The summed E-state index contributed by atoms with van der Waals surface area (Å²) in [4.78, 5) is 11.0. The molecule has 0 aliphatic carbocycles. The quantitative estimate of drug-likeness (QED) is 0.900. The maximum atomic E-state index is 4.42. The van der Waals surface area contributed by atoms with Gasteiger partial charge in [0.2, 0.25) is 0 Å². The number of fused-ring (bicyclic) bond motifs is 1. The van der Waals surface area contributed by atoms with Gasteiger partial charge in [0.1, 0.15) is 12.1 Å². The van der Waals surface area contributed by atoms with Crippen LogP contribution in [0.2, 0.25) is 0 Å². The van der Waals surface area contributed by atoms with Gasteiger partial charge in [0.25, 0.3) is 0 Å². The smallest absolute Gasteiger partial charge is 0.149 e. The van der Waals surface area contributed by atoms with E-state index in [1.165, 1.54) is 10.3 Å². The highest BCUT2D eigenvalue weighted by atomic mass is 32.1.